The molecule has 0 saturated heterocycles. The van der Waals surface area contributed by atoms with E-state index >= 15 is 0 Å². The summed E-state index contributed by atoms with van der Waals surface area (Å²) in [6.07, 6.45) is 0. The van der Waals surface area contributed by atoms with E-state index in [4.69, 9.17) is 21.4 Å². The Hall–Kier alpha value is -1.47. The molecule has 0 atom stereocenters. The fraction of sp³-hybridized carbons (Fsp3) is 0.143. The van der Waals surface area contributed by atoms with Crippen LogP contribution in [-0.2, 0) is 6.61 Å². The second kappa shape index (κ2) is 6.46. The first-order valence-corrected chi connectivity index (χ1v) is 6.60. The lowest BCUT2D eigenvalue weighted by Crippen LogP contribution is -1.93. The normalized spacial score (nSPS) is 9.67. The highest BCUT2D eigenvalue weighted by molar-refractivity contribution is 7.10. The van der Waals surface area contributed by atoms with E-state index in [2.05, 4.69) is 11.8 Å². The number of benzene rings is 1. The Morgan fingerprint density at radius 2 is 2.17 bits per heavy atom. The molecule has 4 heteroatoms. The van der Waals surface area contributed by atoms with E-state index in [9.17, 15) is 0 Å². The molecule has 1 aromatic heterocycles. The quantitative estimate of drug-likeness (QED) is 0.873. The van der Waals surface area contributed by atoms with E-state index in [1.165, 1.54) is 0 Å². The molecule has 1 aromatic carbocycles. The third-order valence-corrected chi connectivity index (χ3v) is 3.39. The van der Waals surface area contributed by atoms with Gasteiger partial charge in [0.25, 0.3) is 0 Å². The van der Waals surface area contributed by atoms with Crippen molar-refractivity contribution in [3.63, 3.8) is 0 Å². The number of hydrogen-bond donors (Lipinski definition) is 1. The van der Waals surface area contributed by atoms with Crippen LogP contribution in [0.3, 0.4) is 0 Å². The van der Waals surface area contributed by atoms with Crippen LogP contribution in [0.4, 0.5) is 0 Å². The van der Waals surface area contributed by atoms with Crippen molar-refractivity contribution in [3.05, 3.63) is 51.2 Å². The van der Waals surface area contributed by atoms with Gasteiger partial charge in [0.1, 0.15) is 19.0 Å². The molecule has 0 amide bonds. The number of ether oxygens (including phenoxy) is 1. The molecule has 0 unspecified atom stereocenters. The summed E-state index contributed by atoms with van der Waals surface area (Å²) >= 11 is 7.57. The highest BCUT2D eigenvalue weighted by Gasteiger charge is 2.02. The van der Waals surface area contributed by atoms with Crippen molar-refractivity contribution in [1.29, 1.82) is 0 Å². The zero-order chi connectivity index (χ0) is 12.8. The van der Waals surface area contributed by atoms with Crippen LogP contribution in [0.1, 0.15) is 10.4 Å². The average Bonchev–Trinajstić information content (AvgIpc) is 2.83. The van der Waals surface area contributed by atoms with E-state index in [1.54, 1.807) is 17.4 Å². The molecular formula is C14H11ClO2S. The Labute approximate surface area is 115 Å². The van der Waals surface area contributed by atoms with Crippen LogP contribution in [0.15, 0.2) is 35.7 Å². The van der Waals surface area contributed by atoms with Gasteiger partial charge in [-0.2, -0.15) is 0 Å². The summed E-state index contributed by atoms with van der Waals surface area (Å²) in [6.45, 7) is 0.344. The second-order valence-electron chi connectivity index (χ2n) is 3.48. The minimum atomic E-state index is -0.124. The predicted octanol–water partition coefficient (Wildman–Crippen LogP) is 3.32. The molecule has 0 aliphatic rings. The number of thiophene rings is 1. The Bertz CT molecular complexity index is 581. The van der Waals surface area contributed by atoms with Crippen LogP contribution in [-0.4, -0.2) is 11.7 Å². The fourth-order valence-electron chi connectivity index (χ4n) is 1.37. The Balaban J connectivity index is 1.98. The maximum atomic E-state index is 8.61. The third-order valence-electron chi connectivity index (χ3n) is 2.17. The molecular weight excluding hydrogens is 268 g/mol. The van der Waals surface area contributed by atoms with Gasteiger partial charge in [-0.25, -0.2) is 0 Å². The third kappa shape index (κ3) is 3.51. The molecule has 1 heterocycles. The fourth-order valence-corrected chi connectivity index (χ4v) is 2.29. The SMILES string of the molecule is OCC#Cc1csc(COc2ccccc2Cl)c1. The van der Waals surface area contributed by atoms with Crippen LogP contribution < -0.4 is 4.74 Å². The van der Waals surface area contributed by atoms with Gasteiger partial charge < -0.3 is 9.84 Å². The summed E-state index contributed by atoms with van der Waals surface area (Å²) < 4.78 is 5.62. The average molecular weight is 279 g/mol. The van der Waals surface area contributed by atoms with Gasteiger partial charge in [-0.15, -0.1) is 11.3 Å². The summed E-state index contributed by atoms with van der Waals surface area (Å²) in [5.74, 6) is 6.14. The molecule has 0 bridgehead atoms. The van der Waals surface area contributed by atoms with Gasteiger partial charge >= 0.3 is 0 Å². The van der Waals surface area contributed by atoms with Gasteiger partial charge in [0.05, 0.1) is 5.02 Å². The van der Waals surface area contributed by atoms with Crippen LogP contribution >= 0.6 is 22.9 Å². The van der Waals surface area contributed by atoms with Crippen LogP contribution in [0, 0.1) is 11.8 Å². The molecule has 0 spiro atoms. The number of hydrogen-bond acceptors (Lipinski definition) is 3. The summed E-state index contributed by atoms with van der Waals surface area (Å²) in [5, 5.41) is 11.2. The highest BCUT2D eigenvalue weighted by atomic mass is 35.5. The Morgan fingerprint density at radius 1 is 1.33 bits per heavy atom. The number of aliphatic hydroxyl groups is 1. The molecule has 0 saturated carbocycles. The first kappa shape index (κ1) is 13.0. The standard InChI is InChI=1S/C14H11ClO2S/c15-13-5-1-2-6-14(13)17-9-12-8-11(10-18-12)4-3-7-16/h1-2,5-6,8,10,16H,7,9H2. The Kier molecular flexibility index (Phi) is 4.66. The Morgan fingerprint density at radius 3 is 2.94 bits per heavy atom. The van der Waals surface area contributed by atoms with Crippen molar-refractivity contribution in [2.75, 3.05) is 6.61 Å². The monoisotopic (exact) mass is 278 g/mol. The summed E-state index contributed by atoms with van der Waals surface area (Å²) in [5.41, 5.74) is 0.895. The first-order chi connectivity index (χ1) is 8.79. The lowest BCUT2D eigenvalue weighted by Gasteiger charge is -2.05. The zero-order valence-electron chi connectivity index (χ0n) is 9.52. The molecule has 0 aliphatic heterocycles. The van der Waals surface area contributed by atoms with Gasteiger partial charge in [0.15, 0.2) is 0 Å². The zero-order valence-corrected chi connectivity index (χ0v) is 11.1. The van der Waals surface area contributed by atoms with Gasteiger partial charge in [0, 0.05) is 15.8 Å². The number of rotatable bonds is 3. The highest BCUT2D eigenvalue weighted by Crippen LogP contribution is 2.25. The maximum absolute atomic E-state index is 8.61. The maximum Gasteiger partial charge on any atom is 0.138 e. The number of aliphatic hydroxyl groups excluding tert-OH is 1. The van der Waals surface area contributed by atoms with Gasteiger partial charge in [0.2, 0.25) is 0 Å². The van der Waals surface area contributed by atoms with Gasteiger partial charge in [-0.1, -0.05) is 35.6 Å². The van der Waals surface area contributed by atoms with E-state index in [0.717, 1.165) is 10.4 Å². The second-order valence-corrected chi connectivity index (χ2v) is 4.88. The molecule has 18 heavy (non-hydrogen) atoms. The molecule has 0 radical (unpaired) electrons. The van der Waals surface area contributed by atoms with Crippen molar-refractivity contribution >= 4 is 22.9 Å². The first-order valence-electron chi connectivity index (χ1n) is 5.34. The van der Waals surface area contributed by atoms with E-state index in [-0.39, 0.29) is 6.61 Å². The summed E-state index contributed by atoms with van der Waals surface area (Å²) in [7, 11) is 0. The van der Waals surface area contributed by atoms with Crippen molar-refractivity contribution in [2.24, 2.45) is 0 Å². The molecule has 2 aromatic rings. The van der Waals surface area contributed by atoms with Crippen molar-refractivity contribution in [2.45, 2.75) is 6.61 Å². The molecule has 1 N–H and O–H groups in total. The van der Waals surface area contributed by atoms with Gasteiger partial charge in [-0.05, 0) is 18.2 Å². The van der Waals surface area contributed by atoms with Crippen molar-refractivity contribution < 1.29 is 9.84 Å². The number of halogens is 1. The molecule has 2 nitrogen and oxygen atoms in total. The van der Waals surface area contributed by atoms with E-state index in [0.29, 0.717) is 17.4 Å². The van der Waals surface area contributed by atoms with E-state index < -0.39 is 0 Å². The topological polar surface area (TPSA) is 29.5 Å². The minimum Gasteiger partial charge on any atom is -0.487 e. The molecule has 0 aliphatic carbocycles. The summed E-state index contributed by atoms with van der Waals surface area (Å²) in [6, 6.07) is 9.33. The smallest absolute Gasteiger partial charge is 0.138 e. The lowest BCUT2D eigenvalue weighted by molar-refractivity contribution is 0.310. The van der Waals surface area contributed by atoms with E-state index in [1.807, 2.05) is 29.6 Å². The van der Waals surface area contributed by atoms with Crippen molar-refractivity contribution in [1.82, 2.24) is 0 Å². The predicted molar refractivity (Wildman–Crippen MR) is 74.1 cm³/mol. The summed E-state index contributed by atoms with van der Waals surface area (Å²) in [4.78, 5) is 1.07. The largest absolute Gasteiger partial charge is 0.487 e. The minimum absolute atomic E-state index is 0.124. The number of para-hydroxylation sites is 1. The van der Waals surface area contributed by atoms with Crippen LogP contribution in [0.2, 0.25) is 5.02 Å². The molecule has 92 valence electrons. The molecule has 0 fully saturated rings. The van der Waals surface area contributed by atoms with Crippen LogP contribution in [0.25, 0.3) is 0 Å². The molecule has 2 rings (SSSR count). The van der Waals surface area contributed by atoms with Crippen molar-refractivity contribution in [3.8, 4) is 17.6 Å². The van der Waals surface area contributed by atoms with Gasteiger partial charge in [-0.3, -0.25) is 0 Å². The van der Waals surface area contributed by atoms with Crippen LogP contribution in [0.5, 0.6) is 5.75 Å². The lowest BCUT2D eigenvalue weighted by atomic mass is 10.3.